The molecule has 2 unspecified atom stereocenters. The van der Waals surface area contributed by atoms with Crippen LogP contribution in [0.4, 0.5) is 0 Å². The van der Waals surface area contributed by atoms with Crippen LogP contribution in [0.2, 0.25) is 0 Å². The maximum Gasteiger partial charge on any atom is 0.230 e. The first-order valence-corrected chi connectivity index (χ1v) is 11.3. The fraction of sp³-hybridized carbons (Fsp3) is 0.619. The van der Waals surface area contributed by atoms with Crippen LogP contribution in [0.25, 0.3) is 0 Å². The lowest BCUT2D eigenvalue weighted by Crippen LogP contribution is -2.49. The minimum Gasteiger partial charge on any atom is -0.353 e. The number of thioether (sulfide) groups is 1. The van der Waals surface area contributed by atoms with Crippen molar-refractivity contribution in [2.45, 2.75) is 50.6 Å². The molecule has 2 atom stereocenters. The maximum atomic E-state index is 12.9. The van der Waals surface area contributed by atoms with E-state index in [-0.39, 0.29) is 23.8 Å². The molecule has 0 spiro atoms. The third-order valence-electron chi connectivity index (χ3n) is 5.51. The van der Waals surface area contributed by atoms with E-state index < -0.39 is 0 Å². The number of hydrogen-bond acceptors (Lipinski definition) is 4. The third kappa shape index (κ3) is 5.72. The topological polar surface area (TPSA) is 61.4 Å². The van der Waals surface area contributed by atoms with Gasteiger partial charge in [0, 0.05) is 49.6 Å². The molecular weight excluding hydrogens is 358 g/mol. The van der Waals surface area contributed by atoms with Gasteiger partial charge in [-0.3, -0.25) is 9.59 Å². The van der Waals surface area contributed by atoms with E-state index in [1.165, 1.54) is 0 Å². The SMILES string of the molecule is CCC(C(=O)N1CCC(NC(=O)CC2CSCCN2)CC1)c1ccccc1. The summed E-state index contributed by atoms with van der Waals surface area (Å²) in [5.41, 5.74) is 1.10. The van der Waals surface area contributed by atoms with Crippen molar-refractivity contribution in [3.05, 3.63) is 35.9 Å². The van der Waals surface area contributed by atoms with E-state index in [9.17, 15) is 9.59 Å². The molecule has 2 fully saturated rings. The first kappa shape index (κ1) is 20.2. The molecule has 2 saturated heterocycles. The first-order valence-electron chi connectivity index (χ1n) is 10.1. The molecule has 148 valence electrons. The number of carbonyl (C=O) groups excluding carboxylic acids is 2. The number of nitrogens with zero attached hydrogens (tertiary/aromatic N) is 1. The number of piperidine rings is 1. The van der Waals surface area contributed by atoms with E-state index in [4.69, 9.17) is 0 Å². The summed E-state index contributed by atoms with van der Waals surface area (Å²) in [6, 6.07) is 10.5. The molecule has 6 heteroatoms. The van der Waals surface area contributed by atoms with Gasteiger partial charge in [-0.25, -0.2) is 0 Å². The third-order valence-corrected chi connectivity index (χ3v) is 6.64. The van der Waals surface area contributed by atoms with Crippen molar-refractivity contribution >= 4 is 23.6 Å². The molecule has 0 aromatic heterocycles. The zero-order valence-electron chi connectivity index (χ0n) is 16.2. The standard InChI is InChI=1S/C21H31N3O2S/c1-2-19(16-6-4-3-5-7-16)21(26)24-11-8-17(9-12-24)23-20(25)14-18-15-27-13-10-22-18/h3-7,17-19,22H,2,8-15H2,1H3,(H,23,25). The molecule has 2 aliphatic rings. The average molecular weight is 390 g/mol. The van der Waals surface area contributed by atoms with Gasteiger partial charge in [-0.2, -0.15) is 11.8 Å². The van der Waals surface area contributed by atoms with Crippen molar-refractivity contribution in [3.8, 4) is 0 Å². The van der Waals surface area contributed by atoms with Gasteiger partial charge in [-0.15, -0.1) is 0 Å². The van der Waals surface area contributed by atoms with Crippen LogP contribution in [0, 0.1) is 0 Å². The number of carbonyl (C=O) groups is 2. The van der Waals surface area contributed by atoms with Gasteiger partial charge in [-0.1, -0.05) is 37.3 Å². The smallest absolute Gasteiger partial charge is 0.230 e. The average Bonchev–Trinajstić information content (AvgIpc) is 2.70. The molecule has 0 aliphatic carbocycles. The predicted molar refractivity (Wildman–Crippen MR) is 111 cm³/mol. The van der Waals surface area contributed by atoms with Crippen LogP contribution < -0.4 is 10.6 Å². The Morgan fingerprint density at radius 2 is 2.00 bits per heavy atom. The minimum atomic E-state index is -0.0628. The first-order chi connectivity index (χ1) is 13.2. The van der Waals surface area contributed by atoms with E-state index in [2.05, 4.69) is 17.6 Å². The second-order valence-corrected chi connectivity index (χ2v) is 8.62. The molecule has 1 aromatic rings. The van der Waals surface area contributed by atoms with Crippen molar-refractivity contribution in [2.75, 3.05) is 31.1 Å². The second-order valence-electron chi connectivity index (χ2n) is 7.47. The summed E-state index contributed by atoms with van der Waals surface area (Å²) in [6.07, 6.45) is 3.05. The molecule has 0 bridgehead atoms. The Balaban J connectivity index is 1.45. The van der Waals surface area contributed by atoms with Crippen molar-refractivity contribution < 1.29 is 9.59 Å². The molecule has 2 N–H and O–H groups in total. The molecule has 2 aliphatic heterocycles. The van der Waals surface area contributed by atoms with Gasteiger partial charge in [0.25, 0.3) is 0 Å². The van der Waals surface area contributed by atoms with Crippen molar-refractivity contribution in [1.29, 1.82) is 0 Å². The Kier molecular flexibility index (Phi) is 7.59. The van der Waals surface area contributed by atoms with Gasteiger partial charge >= 0.3 is 0 Å². The van der Waals surface area contributed by atoms with Crippen LogP contribution in [0.3, 0.4) is 0 Å². The normalized spacial score (nSPS) is 22.3. The molecule has 2 heterocycles. The fourth-order valence-electron chi connectivity index (χ4n) is 3.96. The summed E-state index contributed by atoms with van der Waals surface area (Å²) in [5, 5.41) is 6.58. The van der Waals surface area contributed by atoms with Gasteiger partial charge in [0.15, 0.2) is 0 Å². The number of amides is 2. The highest BCUT2D eigenvalue weighted by atomic mass is 32.2. The van der Waals surface area contributed by atoms with Gasteiger partial charge < -0.3 is 15.5 Å². The summed E-state index contributed by atoms with van der Waals surface area (Å²) in [6.45, 7) is 4.51. The van der Waals surface area contributed by atoms with E-state index in [1.807, 2.05) is 47.0 Å². The van der Waals surface area contributed by atoms with Crippen LogP contribution in [-0.2, 0) is 9.59 Å². The molecular formula is C21H31N3O2S. The zero-order valence-corrected chi connectivity index (χ0v) is 17.0. The van der Waals surface area contributed by atoms with Crippen LogP contribution in [0.15, 0.2) is 30.3 Å². The predicted octanol–water partition coefficient (Wildman–Crippen LogP) is 2.38. The van der Waals surface area contributed by atoms with Gasteiger partial charge in [0.05, 0.1) is 5.92 Å². The molecule has 0 radical (unpaired) electrons. The van der Waals surface area contributed by atoms with Crippen LogP contribution in [0.1, 0.15) is 44.1 Å². The highest BCUT2D eigenvalue weighted by Gasteiger charge is 2.29. The lowest BCUT2D eigenvalue weighted by Gasteiger charge is -2.35. The molecule has 5 nitrogen and oxygen atoms in total. The van der Waals surface area contributed by atoms with Gasteiger partial charge in [-0.05, 0) is 24.8 Å². The number of hydrogen-bond donors (Lipinski definition) is 2. The highest BCUT2D eigenvalue weighted by molar-refractivity contribution is 7.99. The van der Waals surface area contributed by atoms with Gasteiger partial charge in [0.1, 0.15) is 0 Å². The van der Waals surface area contributed by atoms with E-state index in [0.717, 1.165) is 56.0 Å². The van der Waals surface area contributed by atoms with Crippen molar-refractivity contribution in [2.24, 2.45) is 0 Å². The zero-order chi connectivity index (χ0) is 19.1. The fourth-order valence-corrected chi connectivity index (χ4v) is 4.91. The molecule has 3 rings (SSSR count). The second kappa shape index (κ2) is 10.1. The summed E-state index contributed by atoms with van der Waals surface area (Å²) in [7, 11) is 0. The van der Waals surface area contributed by atoms with E-state index in [1.54, 1.807) is 0 Å². The van der Waals surface area contributed by atoms with Crippen molar-refractivity contribution in [1.82, 2.24) is 15.5 Å². The highest BCUT2D eigenvalue weighted by Crippen LogP contribution is 2.24. The summed E-state index contributed by atoms with van der Waals surface area (Å²) in [5.74, 6) is 2.43. The Bertz CT molecular complexity index is 611. The molecule has 1 aromatic carbocycles. The van der Waals surface area contributed by atoms with Gasteiger partial charge in [0.2, 0.25) is 11.8 Å². The number of benzene rings is 1. The Hall–Kier alpha value is -1.53. The summed E-state index contributed by atoms with van der Waals surface area (Å²) in [4.78, 5) is 27.2. The van der Waals surface area contributed by atoms with Crippen LogP contribution in [0.5, 0.6) is 0 Å². The Morgan fingerprint density at radius 1 is 1.26 bits per heavy atom. The minimum absolute atomic E-state index is 0.0628. The molecule has 27 heavy (non-hydrogen) atoms. The van der Waals surface area contributed by atoms with Crippen LogP contribution in [-0.4, -0.2) is 59.9 Å². The number of likely N-dealkylation sites (tertiary alicyclic amines) is 1. The monoisotopic (exact) mass is 389 g/mol. The largest absolute Gasteiger partial charge is 0.353 e. The van der Waals surface area contributed by atoms with E-state index in [0.29, 0.717) is 12.5 Å². The maximum absolute atomic E-state index is 12.9. The Labute approximate surface area is 166 Å². The van der Waals surface area contributed by atoms with Crippen LogP contribution >= 0.6 is 11.8 Å². The summed E-state index contributed by atoms with van der Waals surface area (Å²) >= 11 is 1.91. The number of nitrogens with one attached hydrogen (secondary N) is 2. The summed E-state index contributed by atoms with van der Waals surface area (Å²) < 4.78 is 0. The van der Waals surface area contributed by atoms with Crippen molar-refractivity contribution in [3.63, 3.8) is 0 Å². The van der Waals surface area contributed by atoms with E-state index >= 15 is 0 Å². The quantitative estimate of drug-likeness (QED) is 0.784. The lowest BCUT2D eigenvalue weighted by atomic mass is 9.93. The lowest BCUT2D eigenvalue weighted by molar-refractivity contribution is -0.134. The molecule has 0 saturated carbocycles. The Morgan fingerprint density at radius 3 is 2.63 bits per heavy atom. The molecule has 2 amide bonds. The number of rotatable bonds is 6.